The van der Waals surface area contributed by atoms with Gasteiger partial charge in [-0.15, -0.1) is 11.3 Å². The van der Waals surface area contributed by atoms with Crippen molar-refractivity contribution in [2.24, 2.45) is 0 Å². The summed E-state index contributed by atoms with van der Waals surface area (Å²) >= 11 is 1.61. The molecular weight excluding hydrogens is 334 g/mol. The standard InChI is InChI=1S/C19H25N3O2S/c1-4-15-8-5-6-9-16(15)21-19(24)13-22(3)12-18(23)20-14(2)17-10-7-11-25-17/h5-11,14H,4,12-13H2,1-3H3,(H,20,23)(H,21,24). The Morgan fingerprint density at radius 2 is 1.84 bits per heavy atom. The highest BCUT2D eigenvalue weighted by atomic mass is 32.1. The molecule has 25 heavy (non-hydrogen) atoms. The van der Waals surface area contributed by atoms with Gasteiger partial charge in [-0.2, -0.15) is 0 Å². The van der Waals surface area contributed by atoms with Crippen molar-refractivity contribution in [3.63, 3.8) is 0 Å². The molecule has 1 aromatic heterocycles. The summed E-state index contributed by atoms with van der Waals surface area (Å²) in [5.41, 5.74) is 1.93. The van der Waals surface area contributed by atoms with Crippen LogP contribution in [-0.2, 0) is 16.0 Å². The van der Waals surface area contributed by atoms with Crippen LogP contribution in [0.4, 0.5) is 5.69 Å². The Balaban J connectivity index is 1.79. The predicted molar refractivity (Wildman–Crippen MR) is 103 cm³/mol. The van der Waals surface area contributed by atoms with E-state index in [1.165, 1.54) is 0 Å². The molecule has 0 fully saturated rings. The van der Waals surface area contributed by atoms with E-state index in [0.29, 0.717) is 0 Å². The number of carbonyl (C=O) groups excluding carboxylic acids is 2. The number of para-hydroxylation sites is 1. The zero-order valence-corrected chi connectivity index (χ0v) is 15.7. The molecule has 1 unspecified atom stereocenters. The highest BCUT2D eigenvalue weighted by Gasteiger charge is 2.14. The van der Waals surface area contributed by atoms with Crippen LogP contribution in [-0.4, -0.2) is 36.9 Å². The van der Waals surface area contributed by atoms with Crippen molar-refractivity contribution < 1.29 is 9.59 Å². The smallest absolute Gasteiger partial charge is 0.238 e. The van der Waals surface area contributed by atoms with Crippen molar-refractivity contribution in [2.45, 2.75) is 26.3 Å². The summed E-state index contributed by atoms with van der Waals surface area (Å²) in [6, 6.07) is 11.7. The molecule has 6 heteroatoms. The third-order valence-electron chi connectivity index (χ3n) is 3.85. The number of benzene rings is 1. The van der Waals surface area contributed by atoms with Crippen LogP contribution >= 0.6 is 11.3 Å². The van der Waals surface area contributed by atoms with Gasteiger partial charge in [0, 0.05) is 10.6 Å². The Bertz CT molecular complexity index is 700. The second kappa shape index (κ2) is 9.34. The average Bonchev–Trinajstić information content (AvgIpc) is 3.09. The molecule has 0 aliphatic carbocycles. The fourth-order valence-electron chi connectivity index (χ4n) is 2.58. The van der Waals surface area contributed by atoms with Crippen LogP contribution in [0.1, 0.15) is 30.3 Å². The fraction of sp³-hybridized carbons (Fsp3) is 0.368. The molecule has 0 saturated heterocycles. The third-order valence-corrected chi connectivity index (χ3v) is 4.90. The molecule has 134 valence electrons. The minimum atomic E-state index is -0.123. The maximum atomic E-state index is 12.2. The van der Waals surface area contributed by atoms with Crippen molar-refractivity contribution in [1.29, 1.82) is 0 Å². The number of hydrogen-bond acceptors (Lipinski definition) is 4. The van der Waals surface area contributed by atoms with Crippen LogP contribution in [0, 0.1) is 0 Å². The number of hydrogen-bond donors (Lipinski definition) is 2. The van der Waals surface area contributed by atoms with E-state index >= 15 is 0 Å². The van der Waals surface area contributed by atoms with Crippen molar-refractivity contribution in [1.82, 2.24) is 10.2 Å². The molecule has 5 nitrogen and oxygen atoms in total. The number of aryl methyl sites for hydroxylation is 1. The summed E-state index contributed by atoms with van der Waals surface area (Å²) in [6.45, 7) is 4.35. The number of anilines is 1. The van der Waals surface area contributed by atoms with Gasteiger partial charge in [0.2, 0.25) is 11.8 Å². The van der Waals surface area contributed by atoms with E-state index < -0.39 is 0 Å². The van der Waals surface area contributed by atoms with Gasteiger partial charge in [-0.1, -0.05) is 31.2 Å². The average molecular weight is 359 g/mol. The lowest BCUT2D eigenvalue weighted by Gasteiger charge is -2.18. The Morgan fingerprint density at radius 3 is 2.52 bits per heavy atom. The summed E-state index contributed by atoms with van der Waals surface area (Å²) in [7, 11) is 1.76. The number of carbonyl (C=O) groups is 2. The number of nitrogens with one attached hydrogen (secondary N) is 2. The van der Waals surface area contributed by atoms with Crippen LogP contribution in [0.25, 0.3) is 0 Å². The number of likely N-dealkylation sites (N-methyl/N-ethyl adjacent to an activating group) is 1. The Labute approximate surface area is 153 Å². The molecule has 2 aromatic rings. The number of amides is 2. The lowest BCUT2D eigenvalue weighted by atomic mass is 10.1. The molecule has 0 radical (unpaired) electrons. The second-order valence-electron chi connectivity index (χ2n) is 6.04. The lowest BCUT2D eigenvalue weighted by Crippen LogP contribution is -2.39. The molecule has 2 N–H and O–H groups in total. The van der Waals surface area contributed by atoms with Gasteiger partial charge in [-0.05, 0) is 43.5 Å². The molecule has 1 atom stereocenters. The van der Waals surface area contributed by atoms with Crippen molar-refractivity contribution >= 4 is 28.8 Å². The molecule has 2 amide bonds. The van der Waals surface area contributed by atoms with Gasteiger partial charge in [-0.3, -0.25) is 14.5 Å². The van der Waals surface area contributed by atoms with E-state index in [-0.39, 0.29) is 30.9 Å². The highest BCUT2D eigenvalue weighted by molar-refractivity contribution is 7.10. The van der Waals surface area contributed by atoms with Crippen LogP contribution in [0.5, 0.6) is 0 Å². The summed E-state index contributed by atoms with van der Waals surface area (Å²) in [4.78, 5) is 27.1. The highest BCUT2D eigenvalue weighted by Crippen LogP contribution is 2.18. The molecular formula is C19H25N3O2S. The van der Waals surface area contributed by atoms with E-state index in [9.17, 15) is 9.59 Å². The van der Waals surface area contributed by atoms with Crippen LogP contribution < -0.4 is 10.6 Å². The third kappa shape index (κ3) is 5.99. The van der Waals surface area contributed by atoms with Crippen LogP contribution in [0.3, 0.4) is 0 Å². The van der Waals surface area contributed by atoms with Gasteiger partial charge in [0.1, 0.15) is 0 Å². The maximum Gasteiger partial charge on any atom is 0.238 e. The predicted octanol–water partition coefficient (Wildman–Crippen LogP) is 3.06. The first-order valence-electron chi connectivity index (χ1n) is 8.38. The molecule has 1 aromatic carbocycles. The first kappa shape index (κ1) is 19.1. The fourth-order valence-corrected chi connectivity index (χ4v) is 3.32. The quantitative estimate of drug-likeness (QED) is 0.761. The van der Waals surface area contributed by atoms with E-state index in [1.54, 1.807) is 23.3 Å². The summed E-state index contributed by atoms with van der Waals surface area (Å²) in [6.07, 6.45) is 0.856. The van der Waals surface area contributed by atoms with Crippen LogP contribution in [0.2, 0.25) is 0 Å². The van der Waals surface area contributed by atoms with E-state index in [4.69, 9.17) is 0 Å². The normalized spacial score (nSPS) is 12.0. The summed E-state index contributed by atoms with van der Waals surface area (Å²) < 4.78 is 0. The number of rotatable bonds is 8. The Hall–Kier alpha value is -2.18. The van der Waals surface area contributed by atoms with Crippen molar-refractivity contribution in [3.8, 4) is 0 Å². The first-order chi connectivity index (χ1) is 12.0. The molecule has 0 saturated carbocycles. The molecule has 0 aliphatic rings. The van der Waals surface area contributed by atoms with Crippen molar-refractivity contribution in [2.75, 3.05) is 25.5 Å². The first-order valence-corrected chi connectivity index (χ1v) is 9.26. The van der Waals surface area contributed by atoms with Gasteiger partial charge in [-0.25, -0.2) is 0 Å². The monoisotopic (exact) mass is 359 g/mol. The molecule has 1 heterocycles. The zero-order chi connectivity index (χ0) is 18.2. The van der Waals surface area contributed by atoms with Gasteiger partial charge in [0.25, 0.3) is 0 Å². The van der Waals surface area contributed by atoms with Crippen molar-refractivity contribution in [3.05, 3.63) is 52.2 Å². The minimum Gasteiger partial charge on any atom is -0.348 e. The summed E-state index contributed by atoms with van der Waals surface area (Å²) in [5, 5.41) is 7.86. The number of thiophene rings is 1. The van der Waals surface area contributed by atoms with Gasteiger partial charge in [0.05, 0.1) is 19.1 Å². The number of nitrogens with zero attached hydrogens (tertiary/aromatic N) is 1. The topological polar surface area (TPSA) is 61.4 Å². The summed E-state index contributed by atoms with van der Waals surface area (Å²) in [5.74, 6) is -0.215. The van der Waals surface area contributed by atoms with Gasteiger partial charge >= 0.3 is 0 Å². The maximum absolute atomic E-state index is 12.2. The molecule has 0 spiro atoms. The van der Waals surface area contributed by atoms with Gasteiger partial charge in [0.15, 0.2) is 0 Å². The van der Waals surface area contributed by atoms with Gasteiger partial charge < -0.3 is 10.6 Å². The lowest BCUT2D eigenvalue weighted by molar-refractivity contribution is -0.123. The van der Waals surface area contributed by atoms with E-state index in [1.807, 2.05) is 48.7 Å². The van der Waals surface area contributed by atoms with E-state index in [0.717, 1.165) is 22.5 Å². The second-order valence-corrected chi connectivity index (χ2v) is 7.02. The zero-order valence-electron chi connectivity index (χ0n) is 14.9. The Kier molecular flexibility index (Phi) is 7.16. The molecule has 2 rings (SSSR count). The molecule has 0 aliphatic heterocycles. The van der Waals surface area contributed by atoms with E-state index in [2.05, 4.69) is 17.6 Å². The largest absolute Gasteiger partial charge is 0.348 e. The molecule has 0 bridgehead atoms. The SMILES string of the molecule is CCc1ccccc1NC(=O)CN(C)CC(=O)NC(C)c1cccs1. The Morgan fingerprint density at radius 1 is 1.12 bits per heavy atom. The minimum absolute atomic E-state index is 0.0221. The van der Waals surface area contributed by atoms with Crippen LogP contribution in [0.15, 0.2) is 41.8 Å².